The van der Waals surface area contributed by atoms with Crippen LogP contribution in [-0.2, 0) is 14.3 Å². The highest BCUT2D eigenvalue weighted by Crippen LogP contribution is 1.85. The van der Waals surface area contributed by atoms with Gasteiger partial charge in [-0.25, -0.2) is 9.59 Å². The summed E-state index contributed by atoms with van der Waals surface area (Å²) in [4.78, 5) is 23.0. The van der Waals surface area contributed by atoms with E-state index in [-0.39, 0.29) is 25.8 Å². The van der Waals surface area contributed by atoms with E-state index in [1.165, 1.54) is 4.90 Å². The van der Waals surface area contributed by atoms with Gasteiger partial charge in [-0.05, 0) is 6.92 Å². The van der Waals surface area contributed by atoms with E-state index in [2.05, 4.69) is 5.32 Å². The maximum atomic E-state index is 11.4. The van der Waals surface area contributed by atoms with Crippen LogP contribution in [0.4, 0.5) is 4.79 Å². The number of ether oxygens (including phenoxy) is 2. The molecule has 100 valence electrons. The molecule has 0 aliphatic heterocycles. The predicted molar refractivity (Wildman–Crippen MR) is 61.0 cm³/mol. The van der Waals surface area contributed by atoms with Gasteiger partial charge in [-0.1, -0.05) is 0 Å². The normalized spacial score (nSPS) is 10.0. The average Bonchev–Trinajstić information content (AvgIpc) is 2.28. The summed E-state index contributed by atoms with van der Waals surface area (Å²) in [5, 5.41) is 10.9. The molecule has 0 bridgehead atoms. The van der Waals surface area contributed by atoms with Crippen LogP contribution in [-0.4, -0.2) is 68.6 Å². The number of likely N-dealkylation sites (N-methyl/N-ethyl adjacent to an activating group) is 1. The molecule has 7 nitrogen and oxygen atoms in total. The second-order valence-corrected chi connectivity index (χ2v) is 3.30. The van der Waals surface area contributed by atoms with Gasteiger partial charge in [0.2, 0.25) is 0 Å². The van der Waals surface area contributed by atoms with Gasteiger partial charge in [-0.2, -0.15) is 0 Å². The molecule has 2 amide bonds. The molecule has 0 fully saturated rings. The molecule has 2 N–H and O–H groups in total. The van der Waals surface area contributed by atoms with Gasteiger partial charge < -0.3 is 24.8 Å². The monoisotopic (exact) mass is 248 g/mol. The third-order valence-corrected chi connectivity index (χ3v) is 1.87. The number of carboxylic acid groups (broad SMARTS) is 1. The van der Waals surface area contributed by atoms with Gasteiger partial charge in [0.1, 0.15) is 6.61 Å². The highest BCUT2D eigenvalue weighted by Gasteiger charge is 2.06. The van der Waals surface area contributed by atoms with Gasteiger partial charge in [-0.3, -0.25) is 0 Å². The molecular weight excluding hydrogens is 228 g/mol. The van der Waals surface area contributed by atoms with Crippen molar-refractivity contribution in [3.05, 3.63) is 0 Å². The summed E-state index contributed by atoms with van der Waals surface area (Å²) in [5.41, 5.74) is 0. The summed E-state index contributed by atoms with van der Waals surface area (Å²) in [7, 11) is 1.66. The molecule has 0 heterocycles. The van der Waals surface area contributed by atoms with E-state index in [9.17, 15) is 9.59 Å². The molecular formula is C10H20N2O5. The third kappa shape index (κ3) is 9.58. The molecule has 0 atom stereocenters. The summed E-state index contributed by atoms with van der Waals surface area (Å²) < 4.78 is 9.88. The van der Waals surface area contributed by atoms with Gasteiger partial charge in [0, 0.05) is 26.7 Å². The molecule has 0 unspecified atom stereocenters. The Morgan fingerprint density at radius 1 is 1.29 bits per heavy atom. The lowest BCUT2D eigenvalue weighted by molar-refractivity contribution is -0.142. The number of carboxylic acids is 1. The van der Waals surface area contributed by atoms with Crippen LogP contribution >= 0.6 is 0 Å². The Balaban J connectivity index is 3.47. The highest BCUT2D eigenvalue weighted by atomic mass is 16.5. The van der Waals surface area contributed by atoms with Crippen molar-refractivity contribution >= 4 is 12.0 Å². The number of nitrogens with zero attached hydrogens (tertiary/aromatic N) is 1. The smallest absolute Gasteiger partial charge is 0.329 e. The molecule has 0 aromatic heterocycles. The molecule has 0 radical (unpaired) electrons. The van der Waals surface area contributed by atoms with Gasteiger partial charge in [0.05, 0.1) is 13.2 Å². The summed E-state index contributed by atoms with van der Waals surface area (Å²) in [5.74, 6) is -1.02. The van der Waals surface area contributed by atoms with Crippen molar-refractivity contribution in [3.8, 4) is 0 Å². The second kappa shape index (κ2) is 9.86. The van der Waals surface area contributed by atoms with E-state index in [0.29, 0.717) is 19.8 Å². The summed E-state index contributed by atoms with van der Waals surface area (Å²) in [6, 6.07) is -0.233. The number of aliphatic carboxylic acids is 1. The maximum absolute atomic E-state index is 11.4. The standard InChI is InChI=1S/C10H20N2O5/c1-3-16-7-5-12(2)10(15)11-4-6-17-8-9(13)14/h3-8H2,1-2H3,(H,11,15)(H,13,14). The molecule has 7 heteroatoms. The number of rotatable bonds is 9. The lowest BCUT2D eigenvalue weighted by Gasteiger charge is -2.17. The van der Waals surface area contributed by atoms with Crippen molar-refractivity contribution in [3.63, 3.8) is 0 Å². The fraction of sp³-hybridized carbons (Fsp3) is 0.800. The minimum absolute atomic E-state index is 0.178. The van der Waals surface area contributed by atoms with Crippen LogP contribution in [0.2, 0.25) is 0 Å². The number of hydrogen-bond acceptors (Lipinski definition) is 4. The lowest BCUT2D eigenvalue weighted by Crippen LogP contribution is -2.40. The van der Waals surface area contributed by atoms with Crippen LogP contribution in [0.3, 0.4) is 0 Å². The summed E-state index contributed by atoms with van der Waals surface area (Å²) >= 11 is 0. The molecule has 0 aromatic carbocycles. The van der Waals surface area contributed by atoms with E-state index in [1.807, 2.05) is 6.92 Å². The molecule has 0 aromatic rings. The van der Waals surface area contributed by atoms with E-state index in [4.69, 9.17) is 14.6 Å². The van der Waals surface area contributed by atoms with Crippen molar-refractivity contribution in [2.75, 3.05) is 46.6 Å². The van der Waals surface area contributed by atoms with E-state index >= 15 is 0 Å². The van der Waals surface area contributed by atoms with Crippen molar-refractivity contribution in [2.24, 2.45) is 0 Å². The molecule has 0 spiro atoms. The first-order valence-corrected chi connectivity index (χ1v) is 5.44. The molecule has 0 rings (SSSR count). The first-order chi connectivity index (χ1) is 8.07. The maximum Gasteiger partial charge on any atom is 0.329 e. The molecule has 0 aliphatic rings. The first kappa shape index (κ1) is 15.7. The lowest BCUT2D eigenvalue weighted by atomic mass is 10.6. The Kier molecular flexibility index (Phi) is 9.08. The number of hydrogen-bond donors (Lipinski definition) is 2. The van der Waals surface area contributed by atoms with E-state index in [0.717, 1.165) is 0 Å². The van der Waals surface area contributed by atoms with Crippen LogP contribution in [0.1, 0.15) is 6.92 Å². The van der Waals surface area contributed by atoms with Gasteiger partial charge in [0.15, 0.2) is 0 Å². The van der Waals surface area contributed by atoms with E-state index < -0.39 is 5.97 Å². The third-order valence-electron chi connectivity index (χ3n) is 1.87. The number of carbonyl (C=O) groups is 2. The second-order valence-electron chi connectivity index (χ2n) is 3.30. The summed E-state index contributed by atoms with van der Waals surface area (Å²) in [6.45, 7) is 3.63. The number of nitrogens with one attached hydrogen (secondary N) is 1. The van der Waals surface area contributed by atoms with Crippen LogP contribution in [0.5, 0.6) is 0 Å². The minimum Gasteiger partial charge on any atom is -0.480 e. The van der Waals surface area contributed by atoms with Crippen LogP contribution in [0.15, 0.2) is 0 Å². The topological polar surface area (TPSA) is 88.1 Å². The minimum atomic E-state index is -1.02. The predicted octanol–water partition coefficient (Wildman–Crippen LogP) is -0.234. The molecule has 0 saturated carbocycles. The molecule has 0 saturated heterocycles. The van der Waals surface area contributed by atoms with Crippen LogP contribution in [0, 0.1) is 0 Å². The van der Waals surface area contributed by atoms with Crippen molar-refractivity contribution in [1.29, 1.82) is 0 Å². The average molecular weight is 248 g/mol. The van der Waals surface area contributed by atoms with Crippen LogP contribution in [0.25, 0.3) is 0 Å². The Labute approximate surface area is 101 Å². The molecule has 17 heavy (non-hydrogen) atoms. The number of urea groups is 1. The van der Waals surface area contributed by atoms with Crippen molar-refractivity contribution < 1.29 is 24.2 Å². The first-order valence-electron chi connectivity index (χ1n) is 5.44. The van der Waals surface area contributed by atoms with Crippen molar-refractivity contribution in [2.45, 2.75) is 6.92 Å². The number of amides is 2. The molecule has 0 aliphatic carbocycles. The number of carbonyl (C=O) groups excluding carboxylic acids is 1. The zero-order valence-corrected chi connectivity index (χ0v) is 10.3. The Morgan fingerprint density at radius 2 is 2.00 bits per heavy atom. The quantitative estimate of drug-likeness (QED) is 0.550. The Morgan fingerprint density at radius 3 is 2.59 bits per heavy atom. The largest absolute Gasteiger partial charge is 0.480 e. The fourth-order valence-corrected chi connectivity index (χ4v) is 0.972. The van der Waals surface area contributed by atoms with Gasteiger partial charge in [0.25, 0.3) is 0 Å². The van der Waals surface area contributed by atoms with Crippen LogP contribution < -0.4 is 5.32 Å². The highest BCUT2D eigenvalue weighted by molar-refractivity contribution is 5.73. The summed E-state index contributed by atoms with van der Waals surface area (Å²) in [6.07, 6.45) is 0. The SMILES string of the molecule is CCOCCN(C)C(=O)NCCOCC(=O)O. The van der Waals surface area contributed by atoms with Gasteiger partial charge in [-0.15, -0.1) is 0 Å². The Bertz CT molecular complexity index is 235. The van der Waals surface area contributed by atoms with Crippen molar-refractivity contribution in [1.82, 2.24) is 10.2 Å². The Hall–Kier alpha value is -1.34. The zero-order valence-electron chi connectivity index (χ0n) is 10.3. The van der Waals surface area contributed by atoms with Gasteiger partial charge >= 0.3 is 12.0 Å². The zero-order chi connectivity index (χ0) is 13.1. The van der Waals surface area contributed by atoms with E-state index in [1.54, 1.807) is 7.05 Å². The fourth-order valence-electron chi connectivity index (χ4n) is 0.972.